The van der Waals surface area contributed by atoms with Crippen molar-refractivity contribution in [3.8, 4) is 0 Å². The second-order valence-corrected chi connectivity index (χ2v) is 12.0. The zero-order valence-corrected chi connectivity index (χ0v) is 19.9. The van der Waals surface area contributed by atoms with Crippen LogP contribution in [0, 0.1) is 46.2 Å². The van der Waals surface area contributed by atoms with Gasteiger partial charge in [0.05, 0.1) is 17.8 Å². The fourth-order valence-electron chi connectivity index (χ4n) is 9.06. The number of Topliss-reactive ketones (excluding diaryl/α,β-unsaturated/α-hetero) is 1. The van der Waals surface area contributed by atoms with Crippen LogP contribution in [0.1, 0.15) is 82.0 Å². The van der Waals surface area contributed by atoms with Gasteiger partial charge in [-0.2, -0.15) is 0 Å². The first-order valence-corrected chi connectivity index (χ1v) is 12.7. The van der Waals surface area contributed by atoms with Gasteiger partial charge in [-0.3, -0.25) is 4.79 Å². The Bertz CT molecular complexity index is 881. The third-order valence-corrected chi connectivity index (χ3v) is 10.5. The summed E-state index contributed by atoms with van der Waals surface area (Å²) in [5, 5.41) is 10.8. The van der Waals surface area contributed by atoms with Gasteiger partial charge in [-0.1, -0.05) is 19.1 Å². The van der Waals surface area contributed by atoms with Crippen LogP contribution in [0.2, 0.25) is 0 Å². The summed E-state index contributed by atoms with van der Waals surface area (Å²) in [7, 11) is 1.83. The number of rotatable bonds is 4. The summed E-state index contributed by atoms with van der Waals surface area (Å²) in [5.74, 6) is 1.83. The fraction of sp³-hybridized carbons (Fsp3) is 0.750. The molecule has 0 amide bonds. The molecule has 4 aliphatic carbocycles. The molecule has 0 heterocycles. The van der Waals surface area contributed by atoms with Gasteiger partial charge in [0.2, 0.25) is 0 Å². The number of hydrogen-bond donors (Lipinski definition) is 1. The molecule has 1 N–H and O–H groups in total. The van der Waals surface area contributed by atoms with Crippen LogP contribution >= 0.6 is 0 Å². The summed E-state index contributed by atoms with van der Waals surface area (Å²) in [6.07, 6.45) is 9.25. The number of ketones is 1. The monoisotopic (exact) mass is 442 g/mol. The van der Waals surface area contributed by atoms with Crippen LogP contribution in [0.15, 0.2) is 24.3 Å². The van der Waals surface area contributed by atoms with Crippen molar-refractivity contribution >= 4 is 5.78 Å². The van der Waals surface area contributed by atoms with Crippen LogP contribution < -0.4 is 0 Å². The Kier molecular flexibility index (Phi) is 5.57. The van der Waals surface area contributed by atoms with Crippen molar-refractivity contribution in [3.05, 3.63) is 35.6 Å². The van der Waals surface area contributed by atoms with Crippen molar-refractivity contribution in [2.45, 2.75) is 77.2 Å². The van der Waals surface area contributed by atoms with E-state index in [0.717, 1.165) is 58.0 Å². The Morgan fingerprint density at radius 1 is 1.06 bits per heavy atom. The van der Waals surface area contributed by atoms with Crippen molar-refractivity contribution in [2.24, 2.45) is 40.4 Å². The summed E-state index contributed by atoms with van der Waals surface area (Å²) in [6, 6.07) is 6.50. The quantitative estimate of drug-likeness (QED) is 0.578. The first-order valence-electron chi connectivity index (χ1n) is 12.7. The van der Waals surface area contributed by atoms with Gasteiger partial charge in [-0.15, -0.1) is 0 Å². The SMILES string of the molecule is COC[C@]12CC[C@@](C)(O)C[C@@H]1CC[C@H]1[C@@H]3CC[C@H](C(=O)c4ccccc4F)[C@@]3(C)CC[C@@H]12. The van der Waals surface area contributed by atoms with Crippen molar-refractivity contribution in [1.29, 1.82) is 0 Å². The number of carbonyl (C=O) groups excluding carboxylic acids is 1. The summed E-state index contributed by atoms with van der Waals surface area (Å²) in [6.45, 7) is 5.12. The lowest BCUT2D eigenvalue weighted by atomic mass is 9.43. The van der Waals surface area contributed by atoms with Crippen LogP contribution in [0.4, 0.5) is 4.39 Å². The minimum Gasteiger partial charge on any atom is -0.390 e. The van der Waals surface area contributed by atoms with Gasteiger partial charge in [0.15, 0.2) is 5.78 Å². The Morgan fingerprint density at radius 3 is 2.59 bits per heavy atom. The van der Waals surface area contributed by atoms with Crippen molar-refractivity contribution < 1.29 is 19.0 Å². The van der Waals surface area contributed by atoms with Crippen LogP contribution in [0.5, 0.6) is 0 Å². The average Bonchev–Trinajstić information content (AvgIpc) is 3.11. The summed E-state index contributed by atoms with van der Waals surface area (Å²) in [5.41, 5.74) is -0.158. The first-order chi connectivity index (χ1) is 15.2. The predicted molar refractivity (Wildman–Crippen MR) is 123 cm³/mol. The standard InChI is InChI=1S/C28H39FO3/c1-26(31)14-15-28(17-32-3)18(16-26)8-9-19-21-10-11-23(27(21,2)13-12-22(19)28)25(30)20-6-4-5-7-24(20)29/h4-7,18-19,21-23,31H,8-17H2,1-3H3/t18-,19-,21-,22-,23+,26+,27-,28+/m0/s1. The van der Waals surface area contributed by atoms with E-state index in [9.17, 15) is 14.3 Å². The number of methoxy groups -OCH3 is 1. The number of fused-ring (bicyclic) bond motifs is 5. The highest BCUT2D eigenvalue weighted by Gasteiger charge is 2.63. The highest BCUT2D eigenvalue weighted by atomic mass is 19.1. The van der Waals surface area contributed by atoms with Crippen molar-refractivity contribution in [3.63, 3.8) is 0 Å². The second-order valence-electron chi connectivity index (χ2n) is 12.0. The minimum atomic E-state index is -0.553. The molecule has 0 aliphatic heterocycles. The van der Waals surface area contributed by atoms with Crippen LogP contribution in [0.25, 0.3) is 0 Å². The van der Waals surface area contributed by atoms with Crippen LogP contribution in [-0.4, -0.2) is 30.2 Å². The molecule has 0 bridgehead atoms. The largest absolute Gasteiger partial charge is 0.390 e. The van der Waals surface area contributed by atoms with E-state index in [-0.39, 0.29) is 33.9 Å². The van der Waals surface area contributed by atoms with E-state index in [2.05, 4.69) is 6.92 Å². The number of halogens is 1. The molecule has 4 aliphatic rings. The van der Waals surface area contributed by atoms with Gasteiger partial charge in [0.25, 0.3) is 0 Å². The molecule has 8 atom stereocenters. The maximum absolute atomic E-state index is 14.4. The molecule has 32 heavy (non-hydrogen) atoms. The van der Waals surface area contributed by atoms with Gasteiger partial charge in [0.1, 0.15) is 5.82 Å². The number of benzene rings is 1. The minimum absolute atomic E-state index is 0.0144. The second kappa shape index (κ2) is 7.91. The topological polar surface area (TPSA) is 46.5 Å². The predicted octanol–water partition coefficient (Wildman–Crippen LogP) is 6.04. The zero-order valence-electron chi connectivity index (χ0n) is 19.9. The molecule has 1 aromatic rings. The van der Waals surface area contributed by atoms with E-state index in [4.69, 9.17) is 4.74 Å². The normalized spacial score (nSPS) is 45.6. The molecule has 5 rings (SSSR count). The lowest BCUT2D eigenvalue weighted by Crippen LogP contribution is -2.58. The van der Waals surface area contributed by atoms with Crippen molar-refractivity contribution in [1.82, 2.24) is 0 Å². The lowest BCUT2D eigenvalue weighted by molar-refractivity contribution is -0.173. The fourth-order valence-corrected chi connectivity index (χ4v) is 9.06. The molecule has 176 valence electrons. The van der Waals surface area contributed by atoms with E-state index in [1.54, 1.807) is 18.2 Å². The molecular weight excluding hydrogens is 403 g/mol. The average molecular weight is 443 g/mol. The number of ether oxygens (including phenoxy) is 1. The van der Waals surface area contributed by atoms with E-state index < -0.39 is 5.60 Å². The zero-order chi connectivity index (χ0) is 22.7. The van der Waals surface area contributed by atoms with E-state index in [1.807, 2.05) is 14.0 Å². The molecule has 4 fully saturated rings. The Morgan fingerprint density at radius 2 is 1.84 bits per heavy atom. The maximum Gasteiger partial charge on any atom is 0.169 e. The molecule has 0 spiro atoms. The van der Waals surface area contributed by atoms with Gasteiger partial charge in [-0.25, -0.2) is 4.39 Å². The van der Waals surface area contributed by atoms with E-state index >= 15 is 0 Å². The van der Waals surface area contributed by atoms with Gasteiger partial charge in [0, 0.05) is 13.0 Å². The molecule has 4 heteroatoms. The molecule has 0 saturated heterocycles. The molecular formula is C28H39FO3. The Hall–Kier alpha value is -1.26. The van der Waals surface area contributed by atoms with Crippen LogP contribution in [0.3, 0.4) is 0 Å². The van der Waals surface area contributed by atoms with Crippen molar-refractivity contribution in [2.75, 3.05) is 13.7 Å². The molecule has 1 aromatic carbocycles. The molecule has 3 nitrogen and oxygen atoms in total. The summed E-state index contributed by atoms with van der Waals surface area (Å²) >= 11 is 0. The molecule has 0 radical (unpaired) electrons. The van der Waals surface area contributed by atoms with E-state index in [1.165, 1.54) is 12.5 Å². The molecule has 4 saturated carbocycles. The van der Waals surface area contributed by atoms with Crippen LogP contribution in [-0.2, 0) is 4.74 Å². The Balaban J connectivity index is 1.43. The molecule has 0 aromatic heterocycles. The summed E-state index contributed by atoms with van der Waals surface area (Å²) in [4.78, 5) is 13.5. The smallest absolute Gasteiger partial charge is 0.169 e. The summed E-state index contributed by atoms with van der Waals surface area (Å²) < 4.78 is 20.3. The Labute approximate surface area is 192 Å². The number of aliphatic hydroxyl groups is 1. The van der Waals surface area contributed by atoms with Gasteiger partial charge in [-0.05, 0) is 111 Å². The highest BCUT2D eigenvalue weighted by molar-refractivity contribution is 5.98. The van der Waals surface area contributed by atoms with E-state index in [0.29, 0.717) is 23.7 Å². The number of hydrogen-bond acceptors (Lipinski definition) is 3. The molecule has 0 unspecified atom stereocenters. The highest BCUT2D eigenvalue weighted by Crippen LogP contribution is 2.68. The number of carbonyl (C=O) groups is 1. The third kappa shape index (κ3) is 3.31. The van der Waals surface area contributed by atoms with Gasteiger partial charge < -0.3 is 9.84 Å². The maximum atomic E-state index is 14.4. The lowest BCUT2D eigenvalue weighted by Gasteiger charge is -2.62. The van der Waals surface area contributed by atoms with Gasteiger partial charge >= 0.3 is 0 Å². The first kappa shape index (κ1) is 22.5. The third-order valence-electron chi connectivity index (χ3n) is 10.5.